The molecule has 0 heterocycles. The van der Waals surface area contributed by atoms with Gasteiger partial charge >= 0.3 is 0 Å². The number of ketones is 1. The number of hydrogen-bond donors (Lipinski definition) is 0. The molecule has 1 aromatic rings. The molecule has 0 aromatic heterocycles. The fourth-order valence-corrected chi connectivity index (χ4v) is 4.07. The summed E-state index contributed by atoms with van der Waals surface area (Å²) in [5, 5.41) is 0. The van der Waals surface area contributed by atoms with E-state index in [1.54, 1.807) is 0 Å². The summed E-state index contributed by atoms with van der Waals surface area (Å²) in [7, 11) is 0. The highest BCUT2D eigenvalue weighted by Crippen LogP contribution is 2.38. The van der Waals surface area contributed by atoms with Gasteiger partial charge in [-0.3, -0.25) is 9.69 Å². The number of carbonyl (C=O) groups excluding carboxylic acids is 1. The monoisotopic (exact) mass is 301 g/mol. The second kappa shape index (κ2) is 7.92. The summed E-state index contributed by atoms with van der Waals surface area (Å²) in [5.41, 5.74) is 4.03. The largest absolute Gasteiger partial charge is 0.299 e. The minimum absolute atomic E-state index is 0.0769. The molecular formula is C20H31NO. The quantitative estimate of drug-likeness (QED) is 0.739. The van der Waals surface area contributed by atoms with E-state index < -0.39 is 0 Å². The zero-order valence-electron chi connectivity index (χ0n) is 14.7. The van der Waals surface area contributed by atoms with Crippen molar-refractivity contribution in [2.45, 2.75) is 71.8 Å². The molecule has 2 nitrogen and oxygen atoms in total. The highest BCUT2D eigenvalue weighted by atomic mass is 16.1. The topological polar surface area (TPSA) is 20.3 Å². The second-order valence-electron chi connectivity index (χ2n) is 6.59. The number of aryl methyl sites for hydroxylation is 2. The van der Waals surface area contributed by atoms with Crippen molar-refractivity contribution in [3.63, 3.8) is 0 Å². The third-order valence-electron chi connectivity index (χ3n) is 5.01. The van der Waals surface area contributed by atoms with Gasteiger partial charge in [0.05, 0.1) is 5.92 Å². The molecule has 0 saturated carbocycles. The molecule has 22 heavy (non-hydrogen) atoms. The Kier molecular flexibility index (Phi) is 6.19. The average Bonchev–Trinajstić information content (AvgIpc) is 2.53. The van der Waals surface area contributed by atoms with Crippen molar-refractivity contribution in [3.8, 4) is 0 Å². The van der Waals surface area contributed by atoms with Gasteiger partial charge in [-0.2, -0.15) is 0 Å². The van der Waals surface area contributed by atoms with Gasteiger partial charge in [0, 0.05) is 12.5 Å². The predicted octanol–water partition coefficient (Wildman–Crippen LogP) is 4.49. The Bertz CT molecular complexity index is 502. The fourth-order valence-electron chi connectivity index (χ4n) is 4.07. The minimum Gasteiger partial charge on any atom is -0.299 e. The van der Waals surface area contributed by atoms with Crippen molar-refractivity contribution in [2.24, 2.45) is 0 Å². The number of benzene rings is 1. The van der Waals surface area contributed by atoms with Crippen LogP contribution in [0.4, 0.5) is 0 Å². The number of Topliss-reactive ketones (excluding diaryl/α,β-unsaturated/α-hetero) is 1. The van der Waals surface area contributed by atoms with Gasteiger partial charge in [0.25, 0.3) is 0 Å². The van der Waals surface area contributed by atoms with E-state index in [-0.39, 0.29) is 5.92 Å². The van der Waals surface area contributed by atoms with Crippen LogP contribution in [0.1, 0.15) is 69.1 Å². The van der Waals surface area contributed by atoms with Gasteiger partial charge in [-0.05, 0) is 62.4 Å². The van der Waals surface area contributed by atoms with Crippen LogP contribution in [-0.2, 0) is 11.2 Å². The lowest BCUT2D eigenvalue weighted by Crippen LogP contribution is -2.45. The van der Waals surface area contributed by atoms with Gasteiger partial charge in [-0.25, -0.2) is 0 Å². The van der Waals surface area contributed by atoms with Crippen LogP contribution in [0, 0.1) is 6.92 Å². The fraction of sp³-hybridized carbons (Fsp3) is 0.650. The van der Waals surface area contributed by atoms with E-state index in [1.165, 1.54) is 16.7 Å². The number of carbonyl (C=O) groups is 1. The number of hydrogen-bond acceptors (Lipinski definition) is 2. The third-order valence-corrected chi connectivity index (χ3v) is 5.01. The van der Waals surface area contributed by atoms with Crippen LogP contribution in [0.2, 0.25) is 0 Å². The van der Waals surface area contributed by atoms with E-state index in [0.717, 1.165) is 38.8 Å². The maximum absolute atomic E-state index is 12.8. The first-order valence-corrected chi connectivity index (χ1v) is 8.99. The molecule has 0 radical (unpaired) electrons. The van der Waals surface area contributed by atoms with Crippen LogP contribution in [-0.4, -0.2) is 29.8 Å². The van der Waals surface area contributed by atoms with Gasteiger partial charge in [-0.1, -0.05) is 39.0 Å². The van der Waals surface area contributed by atoms with E-state index in [1.807, 2.05) is 6.92 Å². The SMILES string of the molecule is CCCN(CCC)C1CCc2cccc(C)c2C1C(=O)CC. The maximum Gasteiger partial charge on any atom is 0.141 e. The molecule has 0 bridgehead atoms. The van der Waals surface area contributed by atoms with E-state index in [2.05, 4.69) is 43.9 Å². The van der Waals surface area contributed by atoms with Crippen molar-refractivity contribution in [1.82, 2.24) is 4.90 Å². The van der Waals surface area contributed by atoms with Crippen LogP contribution < -0.4 is 0 Å². The zero-order chi connectivity index (χ0) is 16.1. The Morgan fingerprint density at radius 2 is 1.86 bits per heavy atom. The highest BCUT2D eigenvalue weighted by molar-refractivity contribution is 5.87. The summed E-state index contributed by atoms with van der Waals surface area (Å²) in [6.07, 6.45) is 5.18. The molecule has 0 amide bonds. The Labute approximate surface area is 135 Å². The lowest BCUT2D eigenvalue weighted by molar-refractivity contribution is -0.122. The molecule has 2 rings (SSSR count). The normalized spacial score (nSPS) is 21.0. The van der Waals surface area contributed by atoms with Crippen LogP contribution in [0.5, 0.6) is 0 Å². The van der Waals surface area contributed by atoms with Crippen molar-refractivity contribution < 1.29 is 4.79 Å². The molecule has 1 aliphatic rings. The van der Waals surface area contributed by atoms with Crippen LogP contribution in [0.15, 0.2) is 18.2 Å². The second-order valence-corrected chi connectivity index (χ2v) is 6.59. The summed E-state index contributed by atoms with van der Waals surface area (Å²) in [6.45, 7) is 10.9. The summed E-state index contributed by atoms with van der Waals surface area (Å²) >= 11 is 0. The van der Waals surface area contributed by atoms with E-state index >= 15 is 0 Å². The summed E-state index contributed by atoms with van der Waals surface area (Å²) in [6, 6.07) is 6.92. The molecule has 2 atom stereocenters. The standard InChI is InChI=1S/C20H31NO/c1-5-13-21(14-6-2)17-12-11-16-10-8-9-15(4)19(16)20(17)18(22)7-3/h8-10,17,20H,5-7,11-14H2,1-4H3. The first-order chi connectivity index (χ1) is 10.6. The first-order valence-electron chi connectivity index (χ1n) is 8.99. The van der Waals surface area contributed by atoms with E-state index in [0.29, 0.717) is 18.2 Å². The molecule has 0 aliphatic heterocycles. The van der Waals surface area contributed by atoms with Crippen molar-refractivity contribution >= 4 is 5.78 Å². The molecule has 1 aliphatic carbocycles. The van der Waals surface area contributed by atoms with Crippen molar-refractivity contribution in [1.29, 1.82) is 0 Å². The molecule has 0 N–H and O–H groups in total. The van der Waals surface area contributed by atoms with Crippen molar-refractivity contribution in [3.05, 3.63) is 34.9 Å². The Balaban J connectivity index is 2.42. The summed E-state index contributed by atoms with van der Waals surface area (Å²) in [5.74, 6) is 0.491. The lowest BCUT2D eigenvalue weighted by atomic mass is 9.74. The Hall–Kier alpha value is -1.15. The first kappa shape index (κ1) is 17.2. The van der Waals surface area contributed by atoms with E-state index in [4.69, 9.17) is 0 Å². The predicted molar refractivity (Wildman–Crippen MR) is 93.5 cm³/mol. The number of rotatable bonds is 7. The van der Waals surface area contributed by atoms with E-state index in [9.17, 15) is 4.79 Å². The van der Waals surface area contributed by atoms with Crippen LogP contribution >= 0.6 is 0 Å². The summed E-state index contributed by atoms with van der Waals surface area (Å²) in [4.78, 5) is 15.4. The summed E-state index contributed by atoms with van der Waals surface area (Å²) < 4.78 is 0. The van der Waals surface area contributed by atoms with Crippen LogP contribution in [0.3, 0.4) is 0 Å². The minimum atomic E-state index is 0.0769. The lowest BCUT2D eigenvalue weighted by Gasteiger charge is -2.41. The molecule has 0 saturated heterocycles. The third kappa shape index (κ3) is 3.43. The molecule has 0 fully saturated rings. The van der Waals surface area contributed by atoms with Crippen LogP contribution in [0.25, 0.3) is 0 Å². The van der Waals surface area contributed by atoms with Crippen molar-refractivity contribution in [2.75, 3.05) is 13.1 Å². The van der Waals surface area contributed by atoms with Gasteiger partial charge in [0.2, 0.25) is 0 Å². The molecular weight excluding hydrogens is 270 g/mol. The smallest absolute Gasteiger partial charge is 0.141 e. The van der Waals surface area contributed by atoms with Gasteiger partial charge in [-0.15, -0.1) is 0 Å². The van der Waals surface area contributed by atoms with Gasteiger partial charge in [0.1, 0.15) is 5.78 Å². The van der Waals surface area contributed by atoms with Gasteiger partial charge in [0.15, 0.2) is 0 Å². The number of nitrogens with zero attached hydrogens (tertiary/aromatic N) is 1. The molecule has 0 spiro atoms. The molecule has 1 aromatic carbocycles. The number of fused-ring (bicyclic) bond motifs is 1. The molecule has 2 heteroatoms. The zero-order valence-corrected chi connectivity index (χ0v) is 14.7. The molecule has 122 valence electrons. The highest BCUT2D eigenvalue weighted by Gasteiger charge is 2.37. The average molecular weight is 301 g/mol. The molecule has 2 unspecified atom stereocenters. The Morgan fingerprint density at radius 3 is 2.45 bits per heavy atom. The Morgan fingerprint density at radius 1 is 1.18 bits per heavy atom. The maximum atomic E-state index is 12.8. The van der Waals surface area contributed by atoms with Gasteiger partial charge < -0.3 is 0 Å².